The molecule has 0 heterocycles. The Balaban J connectivity index is 2.00. The SMILES string of the molecule is C1CCCCCCCCCCCCCCCCCCCCCCCCCCCCCCCC1. The quantitative estimate of drug-likeness (QED) is 0.335. The maximum Gasteiger partial charge on any atom is -0.0533 e. The monoisotopic (exact) mass is 463 g/mol. The summed E-state index contributed by atoms with van der Waals surface area (Å²) in [5.74, 6) is 0. The molecule has 0 aromatic heterocycles. The lowest BCUT2D eigenvalue weighted by molar-refractivity contribution is 0.513. The van der Waals surface area contributed by atoms with Gasteiger partial charge in [0.05, 0.1) is 0 Å². The van der Waals surface area contributed by atoms with Crippen LogP contribution >= 0.6 is 0 Å². The van der Waals surface area contributed by atoms with Gasteiger partial charge in [0.15, 0.2) is 0 Å². The number of hydrogen-bond acceptors (Lipinski definition) is 0. The number of hydrogen-bond donors (Lipinski definition) is 0. The van der Waals surface area contributed by atoms with Gasteiger partial charge < -0.3 is 0 Å². The summed E-state index contributed by atoms with van der Waals surface area (Å²) in [6.45, 7) is 0. The Bertz CT molecular complexity index is 166. The zero-order chi connectivity index (χ0) is 23.3. The summed E-state index contributed by atoms with van der Waals surface area (Å²) in [4.78, 5) is 0. The van der Waals surface area contributed by atoms with Crippen LogP contribution in [0.1, 0.15) is 212 Å². The molecule has 198 valence electrons. The van der Waals surface area contributed by atoms with E-state index in [4.69, 9.17) is 0 Å². The lowest BCUT2D eigenvalue weighted by Gasteiger charge is -2.04. The van der Waals surface area contributed by atoms with Crippen LogP contribution in [-0.2, 0) is 0 Å². The average Bonchev–Trinajstić information content (AvgIpc) is 2.83. The molecule has 0 atom stereocenters. The minimum atomic E-state index is 1.50. The molecule has 0 saturated heterocycles. The summed E-state index contributed by atoms with van der Waals surface area (Å²) in [5, 5.41) is 0. The van der Waals surface area contributed by atoms with E-state index in [1.54, 1.807) is 0 Å². The largest absolute Gasteiger partial charge is 0.0533 e. The summed E-state index contributed by atoms with van der Waals surface area (Å²) < 4.78 is 0. The van der Waals surface area contributed by atoms with E-state index >= 15 is 0 Å². The van der Waals surface area contributed by atoms with Crippen LogP contribution in [0.15, 0.2) is 0 Å². The first-order valence-electron chi connectivity index (χ1n) is 16.5. The summed E-state index contributed by atoms with van der Waals surface area (Å²) in [7, 11) is 0. The maximum absolute atomic E-state index is 1.50. The van der Waals surface area contributed by atoms with Crippen LogP contribution in [0.3, 0.4) is 0 Å². The molecule has 1 rings (SSSR count). The summed E-state index contributed by atoms with van der Waals surface area (Å²) in [6, 6.07) is 0. The molecule has 0 unspecified atom stereocenters. The van der Waals surface area contributed by atoms with Crippen LogP contribution in [0.2, 0.25) is 0 Å². The van der Waals surface area contributed by atoms with Gasteiger partial charge in [0.25, 0.3) is 0 Å². The van der Waals surface area contributed by atoms with Crippen molar-refractivity contribution in [2.24, 2.45) is 0 Å². The average molecular weight is 463 g/mol. The Labute approximate surface area is 211 Å². The highest BCUT2D eigenvalue weighted by atomic mass is 14.0. The first-order chi connectivity index (χ1) is 16.5. The van der Waals surface area contributed by atoms with Crippen LogP contribution in [-0.4, -0.2) is 0 Å². The zero-order valence-electron chi connectivity index (χ0n) is 23.3. The Morgan fingerprint density at radius 1 is 0.0606 bits per heavy atom. The highest BCUT2D eigenvalue weighted by Gasteiger charge is 1.98. The molecule has 0 radical (unpaired) electrons. The summed E-state index contributed by atoms with van der Waals surface area (Å²) >= 11 is 0. The molecule has 1 fully saturated rings. The second-order valence-corrected chi connectivity index (χ2v) is 11.7. The fraction of sp³-hybridized carbons (Fsp3) is 1.00. The highest BCUT2D eigenvalue weighted by Crippen LogP contribution is 2.17. The van der Waals surface area contributed by atoms with E-state index in [9.17, 15) is 0 Å². The van der Waals surface area contributed by atoms with Gasteiger partial charge in [0.1, 0.15) is 0 Å². The third kappa shape index (κ3) is 26.4. The molecule has 0 N–H and O–H groups in total. The summed E-state index contributed by atoms with van der Waals surface area (Å²) in [6.07, 6.45) is 49.5. The van der Waals surface area contributed by atoms with Gasteiger partial charge in [0.2, 0.25) is 0 Å². The third-order valence-corrected chi connectivity index (χ3v) is 8.25. The van der Waals surface area contributed by atoms with Crippen molar-refractivity contribution in [1.29, 1.82) is 0 Å². The molecular formula is C33H66. The van der Waals surface area contributed by atoms with E-state index in [0.717, 1.165) is 0 Å². The molecule has 1 saturated carbocycles. The Morgan fingerprint density at radius 2 is 0.0909 bits per heavy atom. The minimum absolute atomic E-state index is 1.50. The Kier molecular flexibility index (Phi) is 26.6. The molecule has 33 heavy (non-hydrogen) atoms. The van der Waals surface area contributed by atoms with Gasteiger partial charge >= 0.3 is 0 Å². The second-order valence-electron chi connectivity index (χ2n) is 11.7. The van der Waals surface area contributed by atoms with Gasteiger partial charge in [-0.2, -0.15) is 0 Å². The van der Waals surface area contributed by atoms with Crippen LogP contribution in [0, 0.1) is 0 Å². The van der Waals surface area contributed by atoms with E-state index in [-0.39, 0.29) is 0 Å². The maximum atomic E-state index is 1.50. The molecule has 0 nitrogen and oxygen atoms in total. The van der Waals surface area contributed by atoms with Crippen molar-refractivity contribution in [3.05, 3.63) is 0 Å². The predicted molar refractivity (Wildman–Crippen MR) is 152 cm³/mol. The van der Waals surface area contributed by atoms with Crippen molar-refractivity contribution in [3.63, 3.8) is 0 Å². The van der Waals surface area contributed by atoms with Crippen molar-refractivity contribution in [1.82, 2.24) is 0 Å². The van der Waals surface area contributed by atoms with Crippen LogP contribution < -0.4 is 0 Å². The standard InChI is InChI=1S/C33H66/c1-2-4-6-8-10-12-14-16-18-20-22-24-26-28-30-32-33-31-29-27-25-23-21-19-17-15-13-11-9-7-5-3-1/h1-33H2. The molecule has 1 aliphatic carbocycles. The van der Waals surface area contributed by atoms with E-state index in [1.807, 2.05) is 0 Å². The molecule has 0 aromatic rings. The van der Waals surface area contributed by atoms with E-state index in [2.05, 4.69) is 0 Å². The van der Waals surface area contributed by atoms with Gasteiger partial charge in [-0.3, -0.25) is 0 Å². The topological polar surface area (TPSA) is 0 Å². The zero-order valence-corrected chi connectivity index (χ0v) is 23.3. The summed E-state index contributed by atoms with van der Waals surface area (Å²) in [5.41, 5.74) is 0. The molecule has 0 spiro atoms. The third-order valence-electron chi connectivity index (χ3n) is 8.25. The van der Waals surface area contributed by atoms with Crippen molar-refractivity contribution >= 4 is 0 Å². The molecule has 0 aliphatic heterocycles. The first-order valence-corrected chi connectivity index (χ1v) is 16.5. The molecule has 1 aliphatic rings. The molecule has 0 heteroatoms. The van der Waals surface area contributed by atoms with E-state index < -0.39 is 0 Å². The molecular weight excluding hydrogens is 396 g/mol. The Morgan fingerprint density at radius 3 is 0.121 bits per heavy atom. The fourth-order valence-corrected chi connectivity index (χ4v) is 5.83. The molecule has 0 bridgehead atoms. The molecule has 0 aromatic carbocycles. The van der Waals surface area contributed by atoms with Crippen molar-refractivity contribution < 1.29 is 0 Å². The second kappa shape index (κ2) is 28.2. The van der Waals surface area contributed by atoms with Crippen LogP contribution in [0.25, 0.3) is 0 Å². The Hall–Kier alpha value is 0. The number of rotatable bonds is 0. The lowest BCUT2D eigenvalue weighted by Crippen LogP contribution is -1.85. The van der Waals surface area contributed by atoms with Crippen molar-refractivity contribution in [3.8, 4) is 0 Å². The first kappa shape index (κ1) is 31.0. The van der Waals surface area contributed by atoms with Crippen LogP contribution in [0.4, 0.5) is 0 Å². The van der Waals surface area contributed by atoms with E-state index in [1.165, 1.54) is 212 Å². The lowest BCUT2D eigenvalue weighted by atomic mass is 10.0. The highest BCUT2D eigenvalue weighted by molar-refractivity contribution is 4.53. The van der Waals surface area contributed by atoms with Crippen molar-refractivity contribution in [2.75, 3.05) is 0 Å². The predicted octanol–water partition coefficient (Wildman–Crippen LogP) is 12.9. The van der Waals surface area contributed by atoms with Gasteiger partial charge in [-0.05, 0) is 0 Å². The van der Waals surface area contributed by atoms with Gasteiger partial charge in [-0.25, -0.2) is 0 Å². The van der Waals surface area contributed by atoms with Gasteiger partial charge in [0, 0.05) is 0 Å². The van der Waals surface area contributed by atoms with E-state index in [0.29, 0.717) is 0 Å². The smallest absolute Gasteiger partial charge is 0.0533 e. The van der Waals surface area contributed by atoms with Gasteiger partial charge in [-0.15, -0.1) is 0 Å². The normalized spacial score (nSPS) is 24.0. The van der Waals surface area contributed by atoms with Crippen LogP contribution in [0.5, 0.6) is 0 Å². The fourth-order valence-electron chi connectivity index (χ4n) is 5.83. The van der Waals surface area contributed by atoms with Gasteiger partial charge in [-0.1, -0.05) is 212 Å². The van der Waals surface area contributed by atoms with Crippen molar-refractivity contribution in [2.45, 2.75) is 212 Å². The minimum Gasteiger partial charge on any atom is -0.0533 e. The molecule has 0 amide bonds.